The van der Waals surface area contributed by atoms with Crippen molar-refractivity contribution >= 4 is 6.09 Å². The fourth-order valence-electron chi connectivity index (χ4n) is 4.10. The lowest BCUT2D eigenvalue weighted by atomic mass is 9.81. The third kappa shape index (κ3) is 4.97. The Balaban J connectivity index is 1.44. The minimum Gasteiger partial charge on any atom is -0.444 e. The van der Waals surface area contributed by atoms with Crippen LogP contribution in [-0.2, 0) is 4.74 Å². The highest BCUT2D eigenvalue weighted by Gasteiger charge is 2.31. The predicted octanol–water partition coefficient (Wildman–Crippen LogP) is 4.27. The van der Waals surface area contributed by atoms with Crippen molar-refractivity contribution in [3.63, 3.8) is 0 Å². The van der Waals surface area contributed by atoms with Crippen LogP contribution < -0.4 is 0 Å². The van der Waals surface area contributed by atoms with E-state index in [-0.39, 0.29) is 6.09 Å². The summed E-state index contributed by atoms with van der Waals surface area (Å²) in [5, 5.41) is 0. The molecule has 3 rings (SSSR count). The van der Waals surface area contributed by atoms with E-state index in [2.05, 4.69) is 35.2 Å². The largest absolute Gasteiger partial charge is 0.444 e. The second-order valence-corrected chi connectivity index (χ2v) is 8.42. The minimum absolute atomic E-state index is 0.167. The van der Waals surface area contributed by atoms with Crippen LogP contribution in [0.15, 0.2) is 30.3 Å². The molecule has 0 unspecified atom stereocenters. The number of hydrogen-bond acceptors (Lipinski definition) is 3. The molecular weight excluding hydrogens is 312 g/mol. The van der Waals surface area contributed by atoms with Gasteiger partial charge in [-0.2, -0.15) is 0 Å². The zero-order valence-electron chi connectivity index (χ0n) is 15.9. The molecular formula is C21H32N2O2. The standard InChI is InChI=1S/C21H32N2O2/c1-21(2,3)25-20(24)23-15-13-22(14-16-23)19-11-9-18(10-12-19)17-7-5-4-6-8-17/h4-8,18-19H,9-16H2,1-3H3. The summed E-state index contributed by atoms with van der Waals surface area (Å²) in [6, 6.07) is 11.6. The van der Waals surface area contributed by atoms with Crippen molar-refractivity contribution in [1.82, 2.24) is 9.80 Å². The van der Waals surface area contributed by atoms with Gasteiger partial charge in [0, 0.05) is 32.2 Å². The van der Waals surface area contributed by atoms with Gasteiger partial charge >= 0.3 is 6.09 Å². The molecule has 138 valence electrons. The highest BCUT2D eigenvalue weighted by molar-refractivity contribution is 5.68. The monoisotopic (exact) mass is 344 g/mol. The summed E-state index contributed by atoms with van der Waals surface area (Å²) in [4.78, 5) is 16.6. The Bertz CT molecular complexity index is 551. The van der Waals surface area contributed by atoms with Crippen LogP contribution in [0.25, 0.3) is 0 Å². The average molecular weight is 344 g/mol. The maximum atomic E-state index is 12.2. The lowest BCUT2D eigenvalue weighted by molar-refractivity contribution is 0.00788. The number of carbonyl (C=O) groups excluding carboxylic acids is 1. The van der Waals surface area contributed by atoms with Crippen molar-refractivity contribution in [1.29, 1.82) is 0 Å². The van der Waals surface area contributed by atoms with E-state index in [0.29, 0.717) is 6.04 Å². The van der Waals surface area contributed by atoms with Gasteiger partial charge in [0.05, 0.1) is 0 Å². The molecule has 0 spiro atoms. The molecule has 1 aliphatic heterocycles. The molecule has 1 aromatic rings. The van der Waals surface area contributed by atoms with Crippen molar-refractivity contribution in [2.75, 3.05) is 26.2 Å². The van der Waals surface area contributed by atoms with Crippen molar-refractivity contribution in [2.24, 2.45) is 0 Å². The molecule has 0 radical (unpaired) electrons. The first-order valence-corrected chi connectivity index (χ1v) is 9.69. The lowest BCUT2D eigenvalue weighted by Crippen LogP contribution is -2.53. The Morgan fingerprint density at radius 1 is 0.960 bits per heavy atom. The lowest BCUT2D eigenvalue weighted by Gasteiger charge is -2.42. The quantitative estimate of drug-likeness (QED) is 0.803. The van der Waals surface area contributed by atoms with Gasteiger partial charge in [-0.25, -0.2) is 4.79 Å². The summed E-state index contributed by atoms with van der Waals surface area (Å²) < 4.78 is 5.49. The summed E-state index contributed by atoms with van der Waals surface area (Å²) in [5.41, 5.74) is 1.08. The number of ether oxygens (including phenoxy) is 1. The SMILES string of the molecule is CC(C)(C)OC(=O)N1CCN(C2CCC(c3ccccc3)CC2)CC1. The summed E-state index contributed by atoms with van der Waals surface area (Å²) in [6.07, 6.45) is 4.93. The Morgan fingerprint density at radius 3 is 2.12 bits per heavy atom. The number of nitrogens with zero attached hydrogens (tertiary/aromatic N) is 2. The molecule has 1 amide bonds. The van der Waals surface area contributed by atoms with Crippen molar-refractivity contribution in [3.05, 3.63) is 35.9 Å². The van der Waals surface area contributed by atoms with Gasteiger partial charge in [-0.1, -0.05) is 30.3 Å². The Morgan fingerprint density at radius 2 is 1.56 bits per heavy atom. The molecule has 1 saturated heterocycles. The molecule has 1 aromatic carbocycles. The number of hydrogen-bond donors (Lipinski definition) is 0. The summed E-state index contributed by atoms with van der Waals surface area (Å²) in [5.74, 6) is 0.723. The van der Waals surface area contributed by atoms with Crippen LogP contribution in [0.1, 0.15) is 57.9 Å². The molecule has 2 aliphatic rings. The molecule has 0 aromatic heterocycles. The van der Waals surface area contributed by atoms with E-state index < -0.39 is 5.60 Å². The third-order valence-corrected chi connectivity index (χ3v) is 5.45. The maximum absolute atomic E-state index is 12.2. The van der Waals surface area contributed by atoms with Crippen molar-refractivity contribution < 1.29 is 9.53 Å². The Kier molecular flexibility index (Phi) is 5.67. The summed E-state index contributed by atoms with van der Waals surface area (Å²) >= 11 is 0. The smallest absolute Gasteiger partial charge is 0.410 e. The predicted molar refractivity (Wildman–Crippen MR) is 101 cm³/mol. The van der Waals surface area contributed by atoms with Crippen LogP contribution in [0, 0.1) is 0 Å². The number of piperazine rings is 1. The molecule has 0 atom stereocenters. The van der Waals surface area contributed by atoms with Crippen LogP contribution >= 0.6 is 0 Å². The van der Waals surface area contributed by atoms with E-state index >= 15 is 0 Å². The fraction of sp³-hybridized carbons (Fsp3) is 0.667. The average Bonchev–Trinajstić information content (AvgIpc) is 2.61. The number of carbonyl (C=O) groups is 1. The molecule has 4 heteroatoms. The number of rotatable bonds is 2. The Labute approximate surface area is 152 Å². The van der Waals surface area contributed by atoms with Gasteiger partial charge < -0.3 is 9.64 Å². The highest BCUT2D eigenvalue weighted by atomic mass is 16.6. The van der Waals surface area contributed by atoms with Crippen molar-refractivity contribution in [2.45, 2.75) is 64.0 Å². The maximum Gasteiger partial charge on any atom is 0.410 e. The molecule has 4 nitrogen and oxygen atoms in total. The zero-order chi connectivity index (χ0) is 17.9. The molecule has 0 N–H and O–H groups in total. The molecule has 1 saturated carbocycles. The van der Waals surface area contributed by atoms with Gasteiger partial charge in [-0.3, -0.25) is 4.90 Å². The van der Waals surface area contributed by atoms with E-state index in [0.717, 1.165) is 32.1 Å². The van der Waals surface area contributed by atoms with E-state index in [9.17, 15) is 4.79 Å². The van der Waals surface area contributed by atoms with E-state index in [1.165, 1.54) is 31.2 Å². The van der Waals surface area contributed by atoms with Crippen molar-refractivity contribution in [3.8, 4) is 0 Å². The van der Waals surface area contributed by atoms with Crippen LogP contribution in [0.2, 0.25) is 0 Å². The van der Waals surface area contributed by atoms with Gasteiger partial charge in [0.25, 0.3) is 0 Å². The number of benzene rings is 1. The van der Waals surface area contributed by atoms with E-state index in [4.69, 9.17) is 4.74 Å². The Hall–Kier alpha value is -1.55. The van der Waals surface area contributed by atoms with Gasteiger partial charge in [0.1, 0.15) is 5.60 Å². The molecule has 1 heterocycles. The topological polar surface area (TPSA) is 32.8 Å². The second-order valence-electron chi connectivity index (χ2n) is 8.42. The first-order valence-electron chi connectivity index (χ1n) is 9.69. The van der Waals surface area contributed by atoms with Crippen LogP contribution in [0.5, 0.6) is 0 Å². The normalized spacial score (nSPS) is 25.6. The van der Waals surface area contributed by atoms with Gasteiger partial charge in [-0.15, -0.1) is 0 Å². The van der Waals surface area contributed by atoms with Crippen LogP contribution in [-0.4, -0.2) is 53.7 Å². The molecule has 25 heavy (non-hydrogen) atoms. The summed E-state index contributed by atoms with van der Waals surface area (Å²) in [7, 11) is 0. The van der Waals surface area contributed by atoms with Gasteiger partial charge in [0.2, 0.25) is 0 Å². The van der Waals surface area contributed by atoms with E-state index in [1.807, 2.05) is 25.7 Å². The number of amides is 1. The molecule has 0 bridgehead atoms. The highest BCUT2D eigenvalue weighted by Crippen LogP contribution is 2.34. The van der Waals surface area contributed by atoms with Gasteiger partial charge in [0.15, 0.2) is 0 Å². The minimum atomic E-state index is -0.413. The fourth-order valence-corrected chi connectivity index (χ4v) is 4.10. The second kappa shape index (κ2) is 7.77. The zero-order valence-corrected chi connectivity index (χ0v) is 15.9. The van der Waals surface area contributed by atoms with Crippen LogP contribution in [0.3, 0.4) is 0 Å². The first kappa shape index (κ1) is 18.2. The first-order chi connectivity index (χ1) is 11.9. The molecule has 2 fully saturated rings. The summed E-state index contributed by atoms with van der Waals surface area (Å²) in [6.45, 7) is 9.28. The molecule has 1 aliphatic carbocycles. The van der Waals surface area contributed by atoms with Gasteiger partial charge in [-0.05, 0) is 57.9 Å². The third-order valence-electron chi connectivity index (χ3n) is 5.45. The van der Waals surface area contributed by atoms with Crippen LogP contribution in [0.4, 0.5) is 4.79 Å². The van der Waals surface area contributed by atoms with E-state index in [1.54, 1.807) is 0 Å².